The maximum Gasteiger partial charge on any atom is 0.172 e. The molecule has 0 saturated carbocycles. The van der Waals surface area contributed by atoms with E-state index in [1.165, 1.54) is 7.11 Å². The van der Waals surface area contributed by atoms with Crippen molar-refractivity contribution >= 4 is 23.0 Å². The summed E-state index contributed by atoms with van der Waals surface area (Å²) >= 11 is 5.14. The van der Waals surface area contributed by atoms with Crippen LogP contribution in [0.3, 0.4) is 0 Å². The predicted molar refractivity (Wildman–Crippen MR) is 86.1 cm³/mol. The van der Waals surface area contributed by atoms with Gasteiger partial charge in [-0.25, -0.2) is 0 Å². The molecule has 0 aromatic heterocycles. The molecule has 8 nitrogen and oxygen atoms in total. The van der Waals surface area contributed by atoms with Gasteiger partial charge in [0.2, 0.25) is 0 Å². The van der Waals surface area contributed by atoms with E-state index >= 15 is 0 Å². The molecular weight excluding hydrogens is 324 g/mol. The molecule has 1 aromatic rings. The summed E-state index contributed by atoms with van der Waals surface area (Å²) in [5.41, 5.74) is 0.608. The average molecular weight is 344 g/mol. The Hall–Kier alpha value is -1.49. The van der Waals surface area contributed by atoms with E-state index in [0.717, 1.165) is 0 Å². The number of anilines is 1. The Morgan fingerprint density at radius 1 is 1.22 bits per heavy atom. The molecule has 1 heterocycles. The highest BCUT2D eigenvalue weighted by molar-refractivity contribution is 7.80. The summed E-state index contributed by atoms with van der Waals surface area (Å²) in [5, 5.41) is 44.3. The normalized spacial score (nSPS) is 30.6. The molecule has 0 aliphatic carbocycles. The number of benzene rings is 1. The zero-order chi connectivity index (χ0) is 17.0. The largest absolute Gasteiger partial charge is 0.495 e. The van der Waals surface area contributed by atoms with Crippen molar-refractivity contribution in [1.29, 1.82) is 0 Å². The van der Waals surface area contributed by atoms with E-state index in [1.807, 2.05) is 0 Å². The van der Waals surface area contributed by atoms with E-state index in [1.54, 1.807) is 24.3 Å². The van der Waals surface area contributed by atoms with Crippen molar-refractivity contribution in [3.05, 3.63) is 24.3 Å². The van der Waals surface area contributed by atoms with Crippen molar-refractivity contribution < 1.29 is 29.9 Å². The number of aliphatic hydroxyl groups excluding tert-OH is 4. The lowest BCUT2D eigenvalue weighted by atomic mass is 9.98. The summed E-state index contributed by atoms with van der Waals surface area (Å²) in [6.45, 7) is -0.504. The van der Waals surface area contributed by atoms with Gasteiger partial charge in [0.15, 0.2) is 11.3 Å². The van der Waals surface area contributed by atoms with E-state index < -0.39 is 37.3 Å². The number of ether oxygens (including phenoxy) is 2. The number of methoxy groups -OCH3 is 1. The third-order valence-electron chi connectivity index (χ3n) is 3.52. The van der Waals surface area contributed by atoms with Gasteiger partial charge in [-0.15, -0.1) is 0 Å². The van der Waals surface area contributed by atoms with Crippen molar-refractivity contribution in [2.24, 2.45) is 0 Å². The molecule has 23 heavy (non-hydrogen) atoms. The molecule has 1 aliphatic rings. The van der Waals surface area contributed by atoms with Crippen LogP contribution in [0.2, 0.25) is 0 Å². The average Bonchev–Trinajstić information content (AvgIpc) is 2.55. The predicted octanol–water partition coefficient (Wildman–Crippen LogP) is -1.22. The van der Waals surface area contributed by atoms with Crippen molar-refractivity contribution in [3.8, 4) is 5.75 Å². The minimum Gasteiger partial charge on any atom is -0.495 e. The Labute approximate surface area is 138 Å². The number of hydrogen-bond donors (Lipinski definition) is 6. The Bertz CT molecular complexity index is 544. The second kappa shape index (κ2) is 7.86. The van der Waals surface area contributed by atoms with Crippen LogP contribution in [0.25, 0.3) is 0 Å². The van der Waals surface area contributed by atoms with Crippen LogP contribution in [0.15, 0.2) is 24.3 Å². The summed E-state index contributed by atoms with van der Waals surface area (Å²) in [4.78, 5) is 0. The number of aliphatic hydroxyl groups is 4. The standard InChI is InChI=1S/C14H20N2O6S/c1-21-8-5-3-2-4-7(8)15-14(23)16-13-12(20)11(19)10(18)9(6-17)22-13/h2-5,9-13,17-20H,6H2,1H3,(H2,15,16,23)/t9-,10-,11+,12-,13-/m1/s1. The van der Waals surface area contributed by atoms with Crippen LogP contribution in [0.5, 0.6) is 5.75 Å². The highest BCUT2D eigenvalue weighted by Crippen LogP contribution is 2.23. The van der Waals surface area contributed by atoms with Gasteiger partial charge >= 0.3 is 0 Å². The molecule has 6 N–H and O–H groups in total. The van der Waals surface area contributed by atoms with Crippen LogP contribution in [-0.4, -0.2) is 69.9 Å². The van der Waals surface area contributed by atoms with Crippen molar-refractivity contribution in [2.45, 2.75) is 30.6 Å². The molecule has 0 unspecified atom stereocenters. The van der Waals surface area contributed by atoms with Crippen molar-refractivity contribution in [3.63, 3.8) is 0 Å². The van der Waals surface area contributed by atoms with Gasteiger partial charge in [0, 0.05) is 0 Å². The lowest BCUT2D eigenvalue weighted by molar-refractivity contribution is -0.232. The lowest BCUT2D eigenvalue weighted by Gasteiger charge is -2.40. The number of para-hydroxylation sites is 2. The summed E-state index contributed by atoms with van der Waals surface area (Å²) in [7, 11) is 1.52. The van der Waals surface area contributed by atoms with Crippen LogP contribution in [0.1, 0.15) is 0 Å². The molecule has 5 atom stereocenters. The summed E-state index contributed by atoms with van der Waals surface area (Å²) in [5.74, 6) is 0.574. The monoisotopic (exact) mass is 344 g/mol. The first-order valence-corrected chi connectivity index (χ1v) is 7.39. The van der Waals surface area contributed by atoms with Crippen molar-refractivity contribution in [2.75, 3.05) is 19.0 Å². The van der Waals surface area contributed by atoms with E-state index in [2.05, 4.69) is 10.6 Å². The molecule has 1 aromatic carbocycles. The smallest absolute Gasteiger partial charge is 0.172 e. The van der Waals surface area contributed by atoms with Gasteiger partial charge in [0.05, 0.1) is 19.4 Å². The fourth-order valence-electron chi connectivity index (χ4n) is 2.26. The number of hydrogen-bond acceptors (Lipinski definition) is 7. The molecule has 0 amide bonds. The molecular formula is C14H20N2O6S. The van der Waals surface area contributed by atoms with E-state index in [4.69, 9.17) is 26.8 Å². The van der Waals surface area contributed by atoms with Crippen LogP contribution in [0, 0.1) is 0 Å². The minimum atomic E-state index is -1.47. The molecule has 0 spiro atoms. The van der Waals surface area contributed by atoms with E-state index in [-0.39, 0.29) is 5.11 Å². The fourth-order valence-corrected chi connectivity index (χ4v) is 2.48. The molecule has 0 radical (unpaired) electrons. The Morgan fingerprint density at radius 3 is 2.57 bits per heavy atom. The summed E-state index contributed by atoms with van der Waals surface area (Å²) < 4.78 is 10.5. The van der Waals surface area contributed by atoms with Gasteiger partial charge in [-0.1, -0.05) is 12.1 Å². The maximum absolute atomic E-state index is 9.95. The molecule has 1 fully saturated rings. The van der Waals surface area contributed by atoms with Gasteiger partial charge < -0.3 is 40.5 Å². The first kappa shape index (κ1) is 17.9. The first-order chi connectivity index (χ1) is 11.0. The Morgan fingerprint density at radius 2 is 1.91 bits per heavy atom. The first-order valence-electron chi connectivity index (χ1n) is 6.99. The van der Waals surface area contributed by atoms with Crippen LogP contribution < -0.4 is 15.4 Å². The highest BCUT2D eigenvalue weighted by Gasteiger charge is 2.43. The second-order valence-corrected chi connectivity index (χ2v) is 5.46. The van der Waals surface area contributed by atoms with E-state index in [0.29, 0.717) is 11.4 Å². The zero-order valence-electron chi connectivity index (χ0n) is 12.4. The third kappa shape index (κ3) is 4.08. The molecule has 1 aliphatic heterocycles. The number of thiocarbonyl (C=S) groups is 1. The third-order valence-corrected chi connectivity index (χ3v) is 3.74. The molecule has 9 heteroatoms. The number of rotatable bonds is 4. The molecule has 128 valence electrons. The molecule has 1 saturated heterocycles. The Balaban J connectivity index is 2.01. The van der Waals surface area contributed by atoms with E-state index in [9.17, 15) is 15.3 Å². The molecule has 2 rings (SSSR count). The highest BCUT2D eigenvalue weighted by atomic mass is 32.1. The van der Waals surface area contributed by atoms with Gasteiger partial charge in [-0.05, 0) is 24.4 Å². The quantitative estimate of drug-likeness (QED) is 0.373. The summed E-state index contributed by atoms with van der Waals surface area (Å²) in [6, 6.07) is 7.10. The number of nitrogens with one attached hydrogen (secondary N) is 2. The van der Waals surface area contributed by atoms with Crippen molar-refractivity contribution in [1.82, 2.24) is 5.32 Å². The Kier molecular flexibility index (Phi) is 6.10. The van der Waals surface area contributed by atoms with Crippen LogP contribution in [0.4, 0.5) is 5.69 Å². The van der Waals surface area contributed by atoms with Gasteiger partial charge in [0.1, 0.15) is 30.2 Å². The second-order valence-electron chi connectivity index (χ2n) is 5.05. The zero-order valence-corrected chi connectivity index (χ0v) is 13.2. The van der Waals surface area contributed by atoms with Crippen LogP contribution >= 0.6 is 12.2 Å². The van der Waals surface area contributed by atoms with Crippen LogP contribution in [-0.2, 0) is 4.74 Å². The molecule has 0 bridgehead atoms. The SMILES string of the molecule is COc1ccccc1NC(=S)N[C@@H]1O[C@H](CO)[C@@H](O)[C@H](O)[C@H]1O. The maximum atomic E-state index is 9.95. The summed E-state index contributed by atoms with van der Waals surface area (Å²) in [6.07, 6.45) is -6.37. The lowest BCUT2D eigenvalue weighted by Crippen LogP contribution is -2.63. The fraction of sp³-hybridized carbons (Fsp3) is 0.500. The van der Waals surface area contributed by atoms with Gasteiger partial charge in [0.25, 0.3) is 0 Å². The van der Waals surface area contributed by atoms with Gasteiger partial charge in [-0.2, -0.15) is 0 Å². The topological polar surface area (TPSA) is 123 Å². The minimum absolute atomic E-state index is 0.124. The van der Waals surface area contributed by atoms with Gasteiger partial charge in [-0.3, -0.25) is 0 Å².